The fourth-order valence-electron chi connectivity index (χ4n) is 0.622. The SMILES string of the molecule is Cc1c[nH]n(C(N)=S)c1=O. The molecule has 3 N–H and O–H groups in total. The van der Waals surface area contributed by atoms with Gasteiger partial charge < -0.3 is 5.73 Å². The van der Waals surface area contributed by atoms with Crippen LogP contribution in [-0.4, -0.2) is 14.9 Å². The van der Waals surface area contributed by atoms with Gasteiger partial charge in [-0.15, -0.1) is 0 Å². The van der Waals surface area contributed by atoms with Crippen LogP contribution >= 0.6 is 12.2 Å². The number of hydrogen-bond donors (Lipinski definition) is 2. The number of hydrogen-bond acceptors (Lipinski definition) is 2. The van der Waals surface area contributed by atoms with Crippen LogP contribution in [0.25, 0.3) is 0 Å². The molecule has 0 spiro atoms. The minimum Gasteiger partial charge on any atom is -0.374 e. The second-order valence-corrected chi connectivity index (χ2v) is 2.35. The van der Waals surface area contributed by atoms with Crippen molar-refractivity contribution in [2.24, 2.45) is 5.73 Å². The van der Waals surface area contributed by atoms with Crippen molar-refractivity contribution in [2.45, 2.75) is 6.92 Å². The molecule has 0 aliphatic carbocycles. The molecule has 54 valence electrons. The van der Waals surface area contributed by atoms with Crippen molar-refractivity contribution in [1.29, 1.82) is 0 Å². The van der Waals surface area contributed by atoms with Gasteiger partial charge in [-0.05, 0) is 19.1 Å². The molecule has 0 fully saturated rings. The van der Waals surface area contributed by atoms with Gasteiger partial charge in [-0.25, -0.2) is 0 Å². The van der Waals surface area contributed by atoms with Crippen LogP contribution in [0.1, 0.15) is 5.56 Å². The van der Waals surface area contributed by atoms with Gasteiger partial charge in [0.25, 0.3) is 5.56 Å². The van der Waals surface area contributed by atoms with E-state index in [2.05, 4.69) is 17.3 Å². The van der Waals surface area contributed by atoms with Crippen molar-refractivity contribution in [2.75, 3.05) is 0 Å². The van der Waals surface area contributed by atoms with Gasteiger partial charge in [0, 0.05) is 11.8 Å². The summed E-state index contributed by atoms with van der Waals surface area (Å²) in [4.78, 5) is 11.0. The van der Waals surface area contributed by atoms with E-state index in [0.29, 0.717) is 5.56 Å². The molecule has 1 aromatic rings. The first kappa shape index (κ1) is 7.01. The van der Waals surface area contributed by atoms with Crippen molar-refractivity contribution < 1.29 is 0 Å². The normalized spacial score (nSPS) is 9.70. The molecule has 0 aliphatic heterocycles. The van der Waals surface area contributed by atoms with Gasteiger partial charge >= 0.3 is 0 Å². The van der Waals surface area contributed by atoms with E-state index < -0.39 is 0 Å². The lowest BCUT2D eigenvalue weighted by atomic mass is 10.4. The number of aryl methyl sites for hydroxylation is 1. The Kier molecular flexibility index (Phi) is 1.58. The summed E-state index contributed by atoms with van der Waals surface area (Å²) in [5.41, 5.74) is 5.61. The zero-order valence-corrected chi connectivity index (χ0v) is 6.23. The molecule has 0 saturated carbocycles. The standard InChI is InChI=1S/C5H7N3OS/c1-3-2-7-8(4(3)9)5(6)10/h2,7H,1H3,(H2,6,10). The molecule has 0 bridgehead atoms. The lowest BCUT2D eigenvalue weighted by Gasteiger charge is -1.92. The average Bonchev–Trinajstić information content (AvgIpc) is 2.14. The monoisotopic (exact) mass is 157 g/mol. The second kappa shape index (κ2) is 2.26. The van der Waals surface area contributed by atoms with E-state index >= 15 is 0 Å². The summed E-state index contributed by atoms with van der Waals surface area (Å²) in [5, 5.41) is 2.65. The van der Waals surface area contributed by atoms with Crippen LogP contribution in [0, 0.1) is 6.92 Å². The quantitative estimate of drug-likeness (QED) is 0.502. The highest BCUT2D eigenvalue weighted by atomic mass is 32.1. The minimum atomic E-state index is -0.187. The summed E-state index contributed by atoms with van der Waals surface area (Å²) < 4.78 is 1.12. The van der Waals surface area contributed by atoms with E-state index in [9.17, 15) is 4.79 Å². The highest BCUT2D eigenvalue weighted by Crippen LogP contribution is 1.82. The number of nitrogens with one attached hydrogen (secondary N) is 1. The maximum Gasteiger partial charge on any atom is 0.276 e. The number of aromatic nitrogens is 2. The highest BCUT2D eigenvalue weighted by molar-refractivity contribution is 7.80. The molecule has 5 heteroatoms. The number of nitrogens with two attached hydrogens (primary N) is 1. The Labute approximate surface area is 62.6 Å². The zero-order valence-electron chi connectivity index (χ0n) is 5.42. The number of rotatable bonds is 0. The summed E-state index contributed by atoms with van der Waals surface area (Å²) in [6, 6.07) is 0. The van der Waals surface area contributed by atoms with Gasteiger partial charge in [-0.1, -0.05) is 0 Å². The first-order chi connectivity index (χ1) is 4.63. The van der Waals surface area contributed by atoms with E-state index in [1.807, 2.05) is 0 Å². The average molecular weight is 157 g/mol. The molecule has 0 radical (unpaired) electrons. The van der Waals surface area contributed by atoms with E-state index in [4.69, 9.17) is 5.73 Å². The molecule has 4 nitrogen and oxygen atoms in total. The molecule has 0 saturated heterocycles. The first-order valence-corrected chi connectivity index (χ1v) is 3.10. The maximum atomic E-state index is 11.0. The molecule has 0 aromatic carbocycles. The smallest absolute Gasteiger partial charge is 0.276 e. The minimum absolute atomic E-state index is 0.0399. The Morgan fingerprint density at radius 3 is 2.70 bits per heavy atom. The van der Waals surface area contributed by atoms with Crippen molar-refractivity contribution in [3.63, 3.8) is 0 Å². The van der Waals surface area contributed by atoms with Crippen LogP contribution in [0.3, 0.4) is 0 Å². The number of aromatic amines is 1. The third-order valence-corrected chi connectivity index (χ3v) is 1.35. The Morgan fingerprint density at radius 1 is 1.90 bits per heavy atom. The highest BCUT2D eigenvalue weighted by Gasteiger charge is 2.01. The summed E-state index contributed by atoms with van der Waals surface area (Å²) in [6.45, 7) is 1.69. The predicted octanol–water partition coefficient (Wildman–Crippen LogP) is -0.423. The van der Waals surface area contributed by atoms with Crippen molar-refractivity contribution in [1.82, 2.24) is 9.78 Å². The van der Waals surface area contributed by atoms with Crippen LogP contribution in [0.4, 0.5) is 0 Å². The van der Waals surface area contributed by atoms with Crippen LogP contribution in [0.15, 0.2) is 11.0 Å². The maximum absolute atomic E-state index is 11.0. The van der Waals surface area contributed by atoms with Crippen LogP contribution < -0.4 is 11.3 Å². The Bertz CT molecular complexity index is 311. The second-order valence-electron chi connectivity index (χ2n) is 1.94. The van der Waals surface area contributed by atoms with E-state index in [1.165, 1.54) is 0 Å². The van der Waals surface area contributed by atoms with Crippen LogP contribution in [-0.2, 0) is 0 Å². The van der Waals surface area contributed by atoms with Gasteiger partial charge in [0.05, 0.1) is 0 Å². The molecule has 0 amide bonds. The molecule has 10 heavy (non-hydrogen) atoms. The Hall–Kier alpha value is -1.10. The first-order valence-electron chi connectivity index (χ1n) is 2.70. The summed E-state index contributed by atoms with van der Waals surface area (Å²) in [6.07, 6.45) is 1.56. The zero-order chi connectivity index (χ0) is 7.72. The summed E-state index contributed by atoms with van der Waals surface area (Å²) in [5.74, 6) is 0. The Balaban J connectivity index is 3.32. The number of H-pyrrole nitrogens is 1. The summed E-state index contributed by atoms with van der Waals surface area (Å²) >= 11 is 4.57. The van der Waals surface area contributed by atoms with Crippen molar-refractivity contribution in [3.8, 4) is 0 Å². The van der Waals surface area contributed by atoms with Gasteiger partial charge in [-0.3, -0.25) is 9.89 Å². The topological polar surface area (TPSA) is 63.8 Å². The molecule has 1 heterocycles. The van der Waals surface area contributed by atoms with Gasteiger partial charge in [0.15, 0.2) is 5.11 Å². The third kappa shape index (κ3) is 0.950. The van der Waals surface area contributed by atoms with Crippen molar-refractivity contribution in [3.05, 3.63) is 22.1 Å². The lowest BCUT2D eigenvalue weighted by molar-refractivity contribution is 0.906. The number of nitrogens with zero attached hydrogens (tertiary/aromatic N) is 1. The van der Waals surface area contributed by atoms with E-state index in [1.54, 1.807) is 13.1 Å². The lowest BCUT2D eigenvalue weighted by Crippen LogP contribution is -2.30. The van der Waals surface area contributed by atoms with Gasteiger partial charge in [-0.2, -0.15) is 4.68 Å². The predicted molar refractivity (Wildman–Crippen MR) is 42.0 cm³/mol. The molecular formula is C5H7N3OS. The fraction of sp³-hybridized carbons (Fsp3) is 0.200. The largest absolute Gasteiger partial charge is 0.374 e. The van der Waals surface area contributed by atoms with Gasteiger partial charge in [0.2, 0.25) is 0 Å². The Morgan fingerprint density at radius 2 is 2.50 bits per heavy atom. The third-order valence-electron chi connectivity index (χ3n) is 1.17. The van der Waals surface area contributed by atoms with Gasteiger partial charge in [0.1, 0.15) is 0 Å². The van der Waals surface area contributed by atoms with Crippen LogP contribution in [0.2, 0.25) is 0 Å². The molecule has 0 unspecified atom stereocenters. The van der Waals surface area contributed by atoms with Crippen LogP contribution in [0.5, 0.6) is 0 Å². The van der Waals surface area contributed by atoms with E-state index in [-0.39, 0.29) is 10.7 Å². The fourth-order valence-corrected chi connectivity index (χ4v) is 0.757. The van der Waals surface area contributed by atoms with Crippen molar-refractivity contribution >= 4 is 17.3 Å². The summed E-state index contributed by atoms with van der Waals surface area (Å²) in [7, 11) is 0. The molecule has 0 atom stereocenters. The molecular weight excluding hydrogens is 150 g/mol. The number of thiocarbonyl (C=S) groups is 1. The molecule has 1 rings (SSSR count). The van der Waals surface area contributed by atoms with E-state index in [0.717, 1.165) is 4.68 Å². The molecule has 0 aliphatic rings. The molecule has 1 aromatic heterocycles.